The van der Waals surface area contributed by atoms with Crippen LogP contribution in [0.2, 0.25) is 0 Å². The first-order valence-corrected chi connectivity index (χ1v) is 12.2. The van der Waals surface area contributed by atoms with E-state index >= 15 is 0 Å². The molecule has 2 aromatic heterocycles. The first kappa shape index (κ1) is 23.6. The van der Waals surface area contributed by atoms with Gasteiger partial charge in [-0.3, -0.25) is 0 Å². The van der Waals surface area contributed by atoms with Crippen LogP contribution < -0.4 is 0 Å². The Morgan fingerprint density at radius 2 is 1.31 bits per heavy atom. The summed E-state index contributed by atoms with van der Waals surface area (Å²) in [6.07, 6.45) is 0. The Hall–Kier alpha value is -5.84. The summed E-state index contributed by atoms with van der Waals surface area (Å²) in [7, 11) is 0. The zero-order chi connectivity index (χ0) is 27.1. The summed E-state index contributed by atoms with van der Waals surface area (Å²) in [6.45, 7) is 3.61. The van der Waals surface area contributed by atoms with Crippen molar-refractivity contribution in [1.29, 1.82) is 15.8 Å². The lowest BCUT2D eigenvalue weighted by molar-refractivity contribution is 0.928. The maximum Gasteiger partial charge on any atom is 0.164 e. The summed E-state index contributed by atoms with van der Waals surface area (Å²) in [5, 5.41) is 31.2. The van der Waals surface area contributed by atoms with Crippen molar-refractivity contribution in [2.75, 3.05) is 0 Å². The number of aromatic nitrogens is 4. The van der Waals surface area contributed by atoms with Crippen molar-refractivity contribution in [1.82, 2.24) is 19.5 Å². The molecule has 0 amide bonds. The van der Waals surface area contributed by atoms with Crippen LogP contribution in [-0.4, -0.2) is 19.5 Å². The van der Waals surface area contributed by atoms with E-state index < -0.39 is 0 Å². The second-order valence-corrected chi connectivity index (χ2v) is 9.16. The van der Waals surface area contributed by atoms with E-state index in [4.69, 9.17) is 0 Å². The van der Waals surface area contributed by atoms with Gasteiger partial charge in [0.1, 0.15) is 11.6 Å². The third-order valence-corrected chi connectivity index (χ3v) is 6.74. The number of nitriles is 3. The number of nitrogens with zero attached hydrogens (tertiary/aromatic N) is 7. The van der Waals surface area contributed by atoms with Gasteiger partial charge in [-0.2, -0.15) is 15.8 Å². The van der Waals surface area contributed by atoms with E-state index in [-0.39, 0.29) is 0 Å². The summed E-state index contributed by atoms with van der Waals surface area (Å²) in [5.74, 6) is 1.66. The van der Waals surface area contributed by atoms with Crippen molar-refractivity contribution < 1.29 is 0 Å². The van der Waals surface area contributed by atoms with E-state index in [0.717, 1.165) is 38.6 Å². The maximum atomic E-state index is 10.1. The molecule has 7 nitrogen and oxygen atoms in total. The summed E-state index contributed by atoms with van der Waals surface area (Å²) in [4.78, 5) is 13.2. The highest BCUT2D eigenvalue weighted by molar-refractivity contribution is 6.10. The Bertz CT molecular complexity index is 2060. The van der Waals surface area contributed by atoms with Crippen molar-refractivity contribution in [3.8, 4) is 46.4 Å². The van der Waals surface area contributed by atoms with Gasteiger partial charge in [-0.25, -0.2) is 15.0 Å². The van der Waals surface area contributed by atoms with E-state index in [2.05, 4.69) is 62.0 Å². The van der Waals surface area contributed by atoms with Crippen LogP contribution in [0.1, 0.15) is 28.3 Å². The average molecular weight is 502 g/mol. The highest BCUT2D eigenvalue weighted by atomic mass is 15.0. The average Bonchev–Trinajstić information content (AvgIpc) is 3.29. The molecule has 0 unspecified atom stereocenters. The fraction of sp³-hybridized carbons (Fsp3) is 0.0625. The molecule has 2 heterocycles. The van der Waals surface area contributed by atoms with E-state index in [9.17, 15) is 15.8 Å². The minimum absolute atomic E-state index is 0.440. The lowest BCUT2D eigenvalue weighted by Crippen LogP contribution is -2.01. The molecule has 0 spiro atoms. The molecular formula is C32H19N7. The Balaban J connectivity index is 1.60. The molecule has 0 aliphatic carbocycles. The molecule has 6 rings (SSSR count). The first-order chi connectivity index (χ1) is 19.0. The zero-order valence-electron chi connectivity index (χ0n) is 21.1. The normalized spacial score (nSPS) is 10.7. The second-order valence-electron chi connectivity index (χ2n) is 9.16. The molecule has 0 N–H and O–H groups in total. The third-order valence-electron chi connectivity index (χ3n) is 6.74. The van der Waals surface area contributed by atoms with Crippen molar-refractivity contribution in [2.24, 2.45) is 0 Å². The fourth-order valence-corrected chi connectivity index (χ4v) is 5.07. The monoisotopic (exact) mass is 501 g/mol. The van der Waals surface area contributed by atoms with Gasteiger partial charge < -0.3 is 4.57 Å². The lowest BCUT2D eigenvalue weighted by Gasteiger charge is -2.12. The van der Waals surface area contributed by atoms with Gasteiger partial charge in [-0.15, -0.1) is 0 Å². The molecular weight excluding hydrogens is 482 g/mol. The Morgan fingerprint density at radius 3 is 2.05 bits per heavy atom. The van der Waals surface area contributed by atoms with E-state index in [1.54, 1.807) is 26.0 Å². The van der Waals surface area contributed by atoms with Gasteiger partial charge in [0, 0.05) is 22.0 Å². The molecule has 0 bridgehead atoms. The van der Waals surface area contributed by atoms with Crippen LogP contribution in [0.5, 0.6) is 0 Å². The quantitative estimate of drug-likeness (QED) is 0.272. The summed E-state index contributed by atoms with van der Waals surface area (Å²) >= 11 is 0. The molecule has 0 aliphatic heterocycles. The molecule has 0 fully saturated rings. The minimum atomic E-state index is 0.440. The van der Waals surface area contributed by atoms with Crippen LogP contribution in [0.25, 0.3) is 50.0 Å². The van der Waals surface area contributed by atoms with Crippen LogP contribution >= 0.6 is 0 Å². The van der Waals surface area contributed by atoms with Gasteiger partial charge in [0.2, 0.25) is 0 Å². The van der Waals surface area contributed by atoms with Gasteiger partial charge >= 0.3 is 0 Å². The molecule has 0 radical (unpaired) electrons. The van der Waals surface area contributed by atoms with Crippen LogP contribution in [0.4, 0.5) is 0 Å². The molecule has 182 valence electrons. The SMILES string of the molecule is Cc1nc(C)nc(-c2ccc(-n3c4ccccc4c4ccc(-c5ccc(C#N)cc5C#N)cc43)cc2C#N)n1. The number of fused-ring (bicyclic) bond motifs is 3. The first-order valence-electron chi connectivity index (χ1n) is 12.2. The number of hydrogen-bond donors (Lipinski definition) is 0. The molecule has 6 aromatic rings. The lowest BCUT2D eigenvalue weighted by atomic mass is 9.97. The largest absolute Gasteiger partial charge is 0.309 e. The van der Waals surface area contributed by atoms with Crippen molar-refractivity contribution in [3.63, 3.8) is 0 Å². The van der Waals surface area contributed by atoms with Crippen LogP contribution in [0.3, 0.4) is 0 Å². The van der Waals surface area contributed by atoms with Gasteiger partial charge in [0.25, 0.3) is 0 Å². The molecule has 0 saturated carbocycles. The predicted molar refractivity (Wildman–Crippen MR) is 149 cm³/mol. The molecule has 7 heteroatoms. The number of benzene rings is 4. The maximum absolute atomic E-state index is 10.1. The van der Waals surface area contributed by atoms with Crippen molar-refractivity contribution in [3.05, 3.63) is 107 Å². The highest BCUT2D eigenvalue weighted by Crippen LogP contribution is 2.36. The van der Waals surface area contributed by atoms with Crippen molar-refractivity contribution in [2.45, 2.75) is 13.8 Å². The molecule has 0 atom stereocenters. The number of aryl methyl sites for hydroxylation is 2. The van der Waals surface area contributed by atoms with E-state index in [0.29, 0.717) is 39.7 Å². The summed E-state index contributed by atoms with van der Waals surface area (Å²) in [5.41, 5.74) is 6.35. The number of rotatable bonds is 3. The number of hydrogen-bond acceptors (Lipinski definition) is 6. The third kappa shape index (κ3) is 3.94. The number of para-hydroxylation sites is 1. The topological polar surface area (TPSA) is 115 Å². The summed E-state index contributed by atoms with van der Waals surface area (Å²) < 4.78 is 2.12. The highest BCUT2D eigenvalue weighted by Gasteiger charge is 2.17. The second kappa shape index (κ2) is 9.23. The molecule has 0 aliphatic rings. The predicted octanol–water partition coefficient (Wildman–Crippen LogP) is 6.53. The minimum Gasteiger partial charge on any atom is -0.309 e. The smallest absolute Gasteiger partial charge is 0.164 e. The van der Waals surface area contributed by atoms with Crippen LogP contribution in [0, 0.1) is 47.8 Å². The van der Waals surface area contributed by atoms with Gasteiger partial charge in [-0.1, -0.05) is 36.4 Å². The Labute approximate surface area is 224 Å². The molecule has 39 heavy (non-hydrogen) atoms. The van der Waals surface area contributed by atoms with Crippen molar-refractivity contribution >= 4 is 21.8 Å². The zero-order valence-corrected chi connectivity index (χ0v) is 21.1. The Morgan fingerprint density at radius 1 is 0.615 bits per heavy atom. The standard InChI is InChI=1S/C32H19N7/c1-19-36-20(2)38-32(37-19)27-12-9-25(14-24(27)18-35)39-30-6-4-3-5-28(30)29-11-8-22(15-31(29)39)26-10-7-21(16-33)13-23(26)17-34/h3-15H,1-2H3. The Kier molecular flexibility index (Phi) is 5.57. The van der Waals surface area contributed by atoms with E-state index in [1.165, 1.54) is 0 Å². The summed E-state index contributed by atoms with van der Waals surface area (Å²) in [6, 6.07) is 31.7. The van der Waals surface area contributed by atoms with Gasteiger partial charge in [0.15, 0.2) is 5.82 Å². The van der Waals surface area contributed by atoms with Crippen LogP contribution in [0.15, 0.2) is 78.9 Å². The van der Waals surface area contributed by atoms with Crippen LogP contribution in [-0.2, 0) is 0 Å². The molecule has 0 saturated heterocycles. The van der Waals surface area contributed by atoms with E-state index in [1.807, 2.05) is 42.5 Å². The fourth-order valence-electron chi connectivity index (χ4n) is 5.07. The van der Waals surface area contributed by atoms with Gasteiger partial charge in [0.05, 0.1) is 45.9 Å². The van der Waals surface area contributed by atoms with Gasteiger partial charge in [-0.05, 0) is 67.4 Å². The molecule has 4 aromatic carbocycles.